The number of aldehydes is 1. The normalized spacial score (nSPS) is 9.79. The van der Waals surface area contributed by atoms with Crippen LogP contribution in [-0.2, 0) is 9.59 Å². The molecule has 0 aliphatic rings. The first-order valence-electron chi connectivity index (χ1n) is 5.31. The van der Waals surface area contributed by atoms with Crippen LogP contribution in [0.4, 0.5) is 0 Å². The third-order valence-corrected chi connectivity index (χ3v) is 2.20. The standard InChI is InChI=1S/C12H20O2/c1-11(2)12(14)9-7-5-3-4-6-8-10-13/h10H,1,3-9H2,2H3. The fraction of sp³-hybridized carbons (Fsp3) is 0.667. The summed E-state index contributed by atoms with van der Waals surface area (Å²) in [4.78, 5) is 21.1. The number of hydrogen-bond donors (Lipinski definition) is 0. The average Bonchev–Trinajstić information content (AvgIpc) is 2.16. The monoisotopic (exact) mass is 196 g/mol. The Hall–Kier alpha value is -0.920. The van der Waals surface area contributed by atoms with Gasteiger partial charge in [0.05, 0.1) is 0 Å². The van der Waals surface area contributed by atoms with Gasteiger partial charge in [0.15, 0.2) is 5.78 Å². The van der Waals surface area contributed by atoms with Crippen LogP contribution in [0.25, 0.3) is 0 Å². The van der Waals surface area contributed by atoms with Gasteiger partial charge in [0.1, 0.15) is 6.29 Å². The first-order valence-corrected chi connectivity index (χ1v) is 5.31. The molecule has 0 fully saturated rings. The van der Waals surface area contributed by atoms with E-state index in [1.807, 2.05) is 0 Å². The molecule has 0 N–H and O–H groups in total. The summed E-state index contributed by atoms with van der Waals surface area (Å²) in [5, 5.41) is 0. The van der Waals surface area contributed by atoms with E-state index in [2.05, 4.69) is 6.58 Å². The molecule has 0 spiro atoms. The lowest BCUT2D eigenvalue weighted by atomic mass is 10.1. The lowest BCUT2D eigenvalue weighted by Crippen LogP contribution is -1.97. The van der Waals surface area contributed by atoms with Crippen molar-refractivity contribution in [1.29, 1.82) is 0 Å². The summed E-state index contributed by atoms with van der Waals surface area (Å²) >= 11 is 0. The summed E-state index contributed by atoms with van der Waals surface area (Å²) in [5.74, 6) is 0.179. The van der Waals surface area contributed by atoms with Crippen LogP contribution < -0.4 is 0 Å². The molecule has 0 aromatic rings. The van der Waals surface area contributed by atoms with Crippen LogP contribution in [0.3, 0.4) is 0 Å². The minimum absolute atomic E-state index is 0.179. The van der Waals surface area contributed by atoms with E-state index in [0.29, 0.717) is 18.4 Å². The van der Waals surface area contributed by atoms with Crippen LogP contribution in [0.5, 0.6) is 0 Å². The number of unbranched alkanes of at least 4 members (excludes halogenated alkanes) is 5. The molecule has 0 aliphatic carbocycles. The number of rotatable bonds is 9. The molecule has 0 heterocycles. The lowest BCUT2D eigenvalue weighted by molar-refractivity contribution is -0.115. The maximum absolute atomic E-state index is 11.1. The molecular weight excluding hydrogens is 176 g/mol. The number of hydrogen-bond acceptors (Lipinski definition) is 2. The predicted molar refractivity (Wildman–Crippen MR) is 58.2 cm³/mol. The maximum Gasteiger partial charge on any atom is 0.157 e. The summed E-state index contributed by atoms with van der Waals surface area (Å²) in [6, 6.07) is 0. The molecule has 0 saturated carbocycles. The number of Topliss-reactive ketones (excluding diaryl/α,β-unsaturated/α-hetero) is 1. The van der Waals surface area contributed by atoms with E-state index in [4.69, 9.17) is 0 Å². The Balaban J connectivity index is 3.17. The van der Waals surface area contributed by atoms with Crippen LogP contribution in [0.15, 0.2) is 12.2 Å². The zero-order valence-electron chi connectivity index (χ0n) is 9.05. The van der Waals surface area contributed by atoms with Gasteiger partial charge in [0.25, 0.3) is 0 Å². The fourth-order valence-corrected chi connectivity index (χ4v) is 1.26. The molecule has 0 rings (SSSR count). The van der Waals surface area contributed by atoms with Gasteiger partial charge in [-0.3, -0.25) is 4.79 Å². The van der Waals surface area contributed by atoms with Crippen LogP contribution in [-0.4, -0.2) is 12.1 Å². The van der Waals surface area contributed by atoms with Crippen molar-refractivity contribution >= 4 is 12.1 Å². The highest BCUT2D eigenvalue weighted by Crippen LogP contribution is 2.08. The molecule has 14 heavy (non-hydrogen) atoms. The minimum Gasteiger partial charge on any atom is -0.303 e. The Kier molecular flexibility index (Phi) is 8.10. The van der Waals surface area contributed by atoms with E-state index in [0.717, 1.165) is 38.4 Å². The highest BCUT2D eigenvalue weighted by Gasteiger charge is 2.00. The second-order valence-electron chi connectivity index (χ2n) is 3.68. The molecule has 0 atom stereocenters. The first kappa shape index (κ1) is 13.1. The van der Waals surface area contributed by atoms with Crippen molar-refractivity contribution in [3.05, 3.63) is 12.2 Å². The van der Waals surface area contributed by atoms with Crippen LogP contribution >= 0.6 is 0 Å². The minimum atomic E-state index is 0.179. The van der Waals surface area contributed by atoms with E-state index in [9.17, 15) is 9.59 Å². The molecule has 0 bridgehead atoms. The van der Waals surface area contributed by atoms with Gasteiger partial charge in [-0.15, -0.1) is 0 Å². The Labute approximate surface area is 86.4 Å². The zero-order chi connectivity index (χ0) is 10.8. The quantitative estimate of drug-likeness (QED) is 0.322. The first-order chi connectivity index (χ1) is 6.68. The van der Waals surface area contributed by atoms with Crippen molar-refractivity contribution in [1.82, 2.24) is 0 Å². The van der Waals surface area contributed by atoms with Gasteiger partial charge in [0, 0.05) is 12.8 Å². The van der Waals surface area contributed by atoms with Crippen LogP contribution in [0.1, 0.15) is 51.9 Å². The Morgan fingerprint density at radius 2 is 1.71 bits per heavy atom. The highest BCUT2D eigenvalue weighted by molar-refractivity contribution is 5.93. The molecule has 0 unspecified atom stereocenters. The molecule has 2 heteroatoms. The zero-order valence-corrected chi connectivity index (χ0v) is 9.05. The Morgan fingerprint density at radius 1 is 1.14 bits per heavy atom. The van der Waals surface area contributed by atoms with Crippen molar-refractivity contribution < 1.29 is 9.59 Å². The van der Waals surface area contributed by atoms with Crippen molar-refractivity contribution in [3.8, 4) is 0 Å². The van der Waals surface area contributed by atoms with Crippen molar-refractivity contribution in [2.24, 2.45) is 0 Å². The van der Waals surface area contributed by atoms with Gasteiger partial charge in [-0.2, -0.15) is 0 Å². The molecule has 0 amide bonds. The second-order valence-corrected chi connectivity index (χ2v) is 3.68. The highest BCUT2D eigenvalue weighted by atomic mass is 16.1. The van der Waals surface area contributed by atoms with Gasteiger partial charge in [-0.1, -0.05) is 25.8 Å². The van der Waals surface area contributed by atoms with Crippen LogP contribution in [0.2, 0.25) is 0 Å². The van der Waals surface area contributed by atoms with E-state index in [1.165, 1.54) is 0 Å². The molecule has 0 aromatic heterocycles. The third kappa shape index (κ3) is 7.71. The van der Waals surface area contributed by atoms with Gasteiger partial charge >= 0.3 is 0 Å². The predicted octanol–water partition coefficient (Wildman–Crippen LogP) is 3.06. The molecule has 0 aromatic carbocycles. The fourth-order valence-electron chi connectivity index (χ4n) is 1.26. The van der Waals surface area contributed by atoms with E-state index < -0.39 is 0 Å². The second kappa shape index (κ2) is 8.67. The van der Waals surface area contributed by atoms with Gasteiger partial charge < -0.3 is 4.79 Å². The number of ketones is 1. The smallest absolute Gasteiger partial charge is 0.157 e. The van der Waals surface area contributed by atoms with E-state index >= 15 is 0 Å². The van der Waals surface area contributed by atoms with Gasteiger partial charge in [0.2, 0.25) is 0 Å². The SMILES string of the molecule is C=C(C)C(=O)CCCCCCCC=O. The Bertz CT molecular complexity index is 194. The van der Waals surface area contributed by atoms with Crippen molar-refractivity contribution in [2.45, 2.75) is 51.9 Å². The number of allylic oxidation sites excluding steroid dienone is 1. The van der Waals surface area contributed by atoms with Crippen molar-refractivity contribution in [3.63, 3.8) is 0 Å². The van der Waals surface area contributed by atoms with E-state index in [1.54, 1.807) is 6.92 Å². The molecule has 0 aliphatic heterocycles. The summed E-state index contributed by atoms with van der Waals surface area (Å²) in [5.41, 5.74) is 0.658. The third-order valence-electron chi connectivity index (χ3n) is 2.20. The molecule has 2 nitrogen and oxygen atoms in total. The average molecular weight is 196 g/mol. The summed E-state index contributed by atoms with van der Waals surface area (Å²) in [6.07, 6.45) is 7.50. The molecule has 0 saturated heterocycles. The van der Waals surface area contributed by atoms with Crippen molar-refractivity contribution in [2.75, 3.05) is 0 Å². The number of carbonyl (C=O) groups excluding carboxylic acids is 2. The number of carbonyl (C=O) groups is 2. The summed E-state index contributed by atoms with van der Waals surface area (Å²) in [6.45, 7) is 5.36. The van der Waals surface area contributed by atoms with Gasteiger partial charge in [-0.05, 0) is 25.3 Å². The lowest BCUT2D eigenvalue weighted by Gasteiger charge is -2.00. The molecule has 80 valence electrons. The Morgan fingerprint density at radius 3 is 2.29 bits per heavy atom. The summed E-state index contributed by atoms with van der Waals surface area (Å²) < 4.78 is 0. The largest absolute Gasteiger partial charge is 0.303 e. The van der Waals surface area contributed by atoms with Gasteiger partial charge in [-0.25, -0.2) is 0 Å². The molecular formula is C12H20O2. The molecule has 0 radical (unpaired) electrons. The topological polar surface area (TPSA) is 34.1 Å². The van der Waals surface area contributed by atoms with Crippen LogP contribution in [0, 0.1) is 0 Å². The summed E-state index contributed by atoms with van der Waals surface area (Å²) in [7, 11) is 0. The maximum atomic E-state index is 11.1. The van der Waals surface area contributed by atoms with E-state index in [-0.39, 0.29) is 5.78 Å².